The molecule has 2 amide bonds. The summed E-state index contributed by atoms with van der Waals surface area (Å²) < 4.78 is 37.3. The van der Waals surface area contributed by atoms with Crippen LogP contribution >= 0.6 is 0 Å². The molecule has 23 heavy (non-hydrogen) atoms. The van der Waals surface area contributed by atoms with E-state index in [1.807, 2.05) is 0 Å². The van der Waals surface area contributed by atoms with Crippen LogP contribution in [0.4, 0.5) is 13.2 Å². The number of rotatable bonds is 5. The summed E-state index contributed by atoms with van der Waals surface area (Å²) in [7, 11) is 0. The van der Waals surface area contributed by atoms with E-state index in [1.54, 1.807) is 20.8 Å². The SMILES string of the molecule is CC(C)(C)C(=O)NCC(=O)NCCc1ccc(C(F)(F)F)cc1. The van der Waals surface area contributed by atoms with Gasteiger partial charge in [0, 0.05) is 12.0 Å². The van der Waals surface area contributed by atoms with Crippen LogP contribution in [0.15, 0.2) is 24.3 Å². The van der Waals surface area contributed by atoms with E-state index in [0.717, 1.165) is 12.1 Å². The van der Waals surface area contributed by atoms with Crippen LogP contribution in [0.1, 0.15) is 31.9 Å². The molecule has 2 N–H and O–H groups in total. The number of nitrogens with one attached hydrogen (secondary N) is 2. The van der Waals surface area contributed by atoms with E-state index in [1.165, 1.54) is 12.1 Å². The van der Waals surface area contributed by atoms with E-state index in [9.17, 15) is 22.8 Å². The second kappa shape index (κ2) is 7.48. The van der Waals surface area contributed by atoms with Crippen molar-refractivity contribution in [2.75, 3.05) is 13.1 Å². The van der Waals surface area contributed by atoms with Gasteiger partial charge in [0.25, 0.3) is 0 Å². The van der Waals surface area contributed by atoms with E-state index in [2.05, 4.69) is 10.6 Å². The van der Waals surface area contributed by atoms with Crippen LogP contribution in [0.5, 0.6) is 0 Å². The largest absolute Gasteiger partial charge is 0.416 e. The third kappa shape index (κ3) is 6.71. The van der Waals surface area contributed by atoms with E-state index in [0.29, 0.717) is 12.0 Å². The van der Waals surface area contributed by atoms with Gasteiger partial charge in [-0.2, -0.15) is 13.2 Å². The first kappa shape index (κ1) is 19.0. The predicted octanol–water partition coefficient (Wildman–Crippen LogP) is 2.53. The molecule has 0 saturated heterocycles. The number of benzene rings is 1. The minimum atomic E-state index is -4.35. The van der Waals surface area contributed by atoms with Crippen molar-refractivity contribution < 1.29 is 22.8 Å². The molecule has 0 aliphatic rings. The maximum atomic E-state index is 12.4. The first-order chi connectivity index (χ1) is 10.5. The van der Waals surface area contributed by atoms with Crippen LogP contribution in [0.25, 0.3) is 0 Å². The molecule has 0 bridgehead atoms. The summed E-state index contributed by atoms with van der Waals surface area (Å²) in [6.07, 6.45) is -3.94. The highest BCUT2D eigenvalue weighted by atomic mass is 19.4. The summed E-state index contributed by atoms with van der Waals surface area (Å²) in [6, 6.07) is 4.80. The quantitative estimate of drug-likeness (QED) is 0.872. The third-order valence-corrected chi connectivity index (χ3v) is 3.11. The number of halogens is 3. The number of carbonyl (C=O) groups is 2. The van der Waals surface area contributed by atoms with Crippen molar-refractivity contribution >= 4 is 11.8 Å². The van der Waals surface area contributed by atoms with Gasteiger partial charge in [0.15, 0.2) is 0 Å². The van der Waals surface area contributed by atoms with Gasteiger partial charge in [-0.05, 0) is 24.1 Å². The van der Waals surface area contributed by atoms with Crippen LogP contribution in [-0.2, 0) is 22.2 Å². The molecule has 0 spiro atoms. The van der Waals surface area contributed by atoms with E-state index < -0.39 is 17.2 Å². The predicted molar refractivity (Wildman–Crippen MR) is 80.6 cm³/mol. The first-order valence-corrected chi connectivity index (χ1v) is 7.21. The molecular formula is C16H21F3N2O2. The van der Waals surface area contributed by atoms with Crippen molar-refractivity contribution in [2.45, 2.75) is 33.4 Å². The van der Waals surface area contributed by atoms with E-state index in [-0.39, 0.29) is 24.9 Å². The molecule has 7 heteroatoms. The van der Waals surface area contributed by atoms with Gasteiger partial charge in [-0.1, -0.05) is 32.9 Å². The standard InChI is InChI=1S/C16H21F3N2O2/c1-15(2,3)14(23)21-10-13(22)20-9-8-11-4-6-12(7-5-11)16(17,18)19/h4-7H,8-10H2,1-3H3,(H,20,22)(H,21,23). The van der Waals surface area contributed by atoms with Crippen molar-refractivity contribution in [1.82, 2.24) is 10.6 Å². The zero-order valence-electron chi connectivity index (χ0n) is 13.4. The zero-order chi connectivity index (χ0) is 17.7. The highest BCUT2D eigenvalue weighted by molar-refractivity contribution is 5.87. The van der Waals surface area contributed by atoms with Crippen LogP contribution < -0.4 is 10.6 Å². The smallest absolute Gasteiger partial charge is 0.354 e. The second-order valence-electron chi connectivity index (χ2n) is 6.23. The Balaban J connectivity index is 2.34. The number of hydrogen-bond acceptors (Lipinski definition) is 2. The highest BCUT2D eigenvalue weighted by Gasteiger charge is 2.29. The molecule has 1 aromatic rings. The normalized spacial score (nSPS) is 11.9. The molecule has 0 saturated carbocycles. The molecule has 4 nitrogen and oxygen atoms in total. The summed E-state index contributed by atoms with van der Waals surface area (Å²) in [5, 5.41) is 5.13. The molecule has 1 aromatic carbocycles. The lowest BCUT2D eigenvalue weighted by Crippen LogP contribution is -2.42. The first-order valence-electron chi connectivity index (χ1n) is 7.21. The molecule has 0 aliphatic carbocycles. The Morgan fingerprint density at radius 1 is 1.00 bits per heavy atom. The molecule has 0 aromatic heterocycles. The van der Waals surface area contributed by atoms with Crippen molar-refractivity contribution in [3.63, 3.8) is 0 Å². The lowest BCUT2D eigenvalue weighted by Gasteiger charge is -2.17. The minimum Gasteiger partial charge on any atom is -0.354 e. The fourth-order valence-corrected chi connectivity index (χ4v) is 1.69. The van der Waals surface area contributed by atoms with Crippen molar-refractivity contribution in [3.05, 3.63) is 35.4 Å². The maximum absolute atomic E-state index is 12.4. The fraction of sp³-hybridized carbons (Fsp3) is 0.500. The Labute approximate surface area is 133 Å². The Hall–Kier alpha value is -2.05. The summed E-state index contributed by atoms with van der Waals surface area (Å²) in [5.41, 5.74) is -0.576. The van der Waals surface area contributed by atoms with Gasteiger partial charge < -0.3 is 10.6 Å². The van der Waals surface area contributed by atoms with Crippen LogP contribution in [-0.4, -0.2) is 24.9 Å². The molecular weight excluding hydrogens is 309 g/mol. The van der Waals surface area contributed by atoms with Gasteiger partial charge in [0.1, 0.15) is 0 Å². The molecule has 0 radical (unpaired) electrons. The molecule has 0 unspecified atom stereocenters. The Morgan fingerprint density at radius 3 is 2.04 bits per heavy atom. The maximum Gasteiger partial charge on any atom is 0.416 e. The monoisotopic (exact) mass is 330 g/mol. The molecule has 0 fully saturated rings. The van der Waals surface area contributed by atoms with Gasteiger partial charge in [0.2, 0.25) is 11.8 Å². The topological polar surface area (TPSA) is 58.2 Å². The second-order valence-corrected chi connectivity index (χ2v) is 6.23. The zero-order valence-corrected chi connectivity index (χ0v) is 13.4. The Morgan fingerprint density at radius 2 is 1.57 bits per heavy atom. The summed E-state index contributed by atoms with van der Waals surface area (Å²) in [4.78, 5) is 23.2. The van der Waals surface area contributed by atoms with Crippen LogP contribution in [0, 0.1) is 5.41 Å². The van der Waals surface area contributed by atoms with Gasteiger partial charge in [-0.15, -0.1) is 0 Å². The minimum absolute atomic E-state index is 0.122. The number of alkyl halides is 3. The molecule has 1 rings (SSSR count). The van der Waals surface area contributed by atoms with E-state index in [4.69, 9.17) is 0 Å². The Bertz CT molecular complexity index is 546. The number of amides is 2. The average molecular weight is 330 g/mol. The van der Waals surface area contributed by atoms with Crippen molar-refractivity contribution in [1.29, 1.82) is 0 Å². The van der Waals surface area contributed by atoms with Crippen LogP contribution in [0.2, 0.25) is 0 Å². The highest BCUT2D eigenvalue weighted by Crippen LogP contribution is 2.29. The van der Waals surface area contributed by atoms with E-state index >= 15 is 0 Å². The van der Waals surface area contributed by atoms with Crippen molar-refractivity contribution in [3.8, 4) is 0 Å². The number of carbonyl (C=O) groups excluding carboxylic acids is 2. The van der Waals surface area contributed by atoms with Gasteiger partial charge in [-0.25, -0.2) is 0 Å². The lowest BCUT2D eigenvalue weighted by molar-refractivity contribution is -0.137. The third-order valence-electron chi connectivity index (χ3n) is 3.11. The molecule has 128 valence electrons. The Kier molecular flexibility index (Phi) is 6.18. The van der Waals surface area contributed by atoms with Crippen LogP contribution in [0.3, 0.4) is 0 Å². The molecule has 0 heterocycles. The summed E-state index contributed by atoms with van der Waals surface area (Å²) >= 11 is 0. The van der Waals surface area contributed by atoms with Crippen molar-refractivity contribution in [2.24, 2.45) is 5.41 Å². The molecule has 0 aliphatic heterocycles. The number of hydrogen-bond donors (Lipinski definition) is 2. The summed E-state index contributed by atoms with van der Waals surface area (Å²) in [5.74, 6) is -0.565. The summed E-state index contributed by atoms with van der Waals surface area (Å²) in [6.45, 7) is 5.39. The molecule has 0 atom stereocenters. The fourth-order valence-electron chi connectivity index (χ4n) is 1.69. The average Bonchev–Trinajstić information content (AvgIpc) is 2.43. The lowest BCUT2D eigenvalue weighted by atomic mass is 9.96. The van der Waals surface area contributed by atoms with Gasteiger partial charge in [-0.3, -0.25) is 9.59 Å². The van der Waals surface area contributed by atoms with Gasteiger partial charge in [0.05, 0.1) is 12.1 Å². The van der Waals surface area contributed by atoms with Gasteiger partial charge >= 0.3 is 6.18 Å².